The van der Waals surface area contributed by atoms with Crippen molar-refractivity contribution in [1.29, 1.82) is 0 Å². The third-order valence-corrected chi connectivity index (χ3v) is 5.47. The normalized spacial score (nSPS) is 17.2. The van der Waals surface area contributed by atoms with E-state index in [2.05, 4.69) is 15.0 Å². The van der Waals surface area contributed by atoms with Gasteiger partial charge in [0, 0.05) is 22.8 Å². The molecule has 4 rings (SSSR count). The van der Waals surface area contributed by atoms with Crippen LogP contribution in [0.4, 0.5) is 17.6 Å². The van der Waals surface area contributed by atoms with Crippen LogP contribution < -0.4 is 0 Å². The van der Waals surface area contributed by atoms with Crippen molar-refractivity contribution in [3.05, 3.63) is 45.8 Å². The molecular formula is C17H15F4N3OS. The van der Waals surface area contributed by atoms with E-state index in [4.69, 9.17) is 4.52 Å². The molecule has 0 aliphatic carbocycles. The van der Waals surface area contributed by atoms with E-state index in [0.717, 1.165) is 53.7 Å². The number of alkyl halides is 3. The number of likely N-dealkylation sites (tertiary alicyclic amines) is 1. The van der Waals surface area contributed by atoms with Gasteiger partial charge in [-0.05, 0) is 38.1 Å². The number of fused-ring (bicyclic) bond motifs is 1. The Labute approximate surface area is 150 Å². The molecule has 3 aromatic rings. The minimum atomic E-state index is -4.39. The lowest BCUT2D eigenvalue weighted by Crippen LogP contribution is -2.32. The highest BCUT2D eigenvalue weighted by Gasteiger charge is 2.34. The molecule has 0 atom stereocenters. The fraction of sp³-hybridized carbons (Fsp3) is 0.412. The third-order valence-electron chi connectivity index (χ3n) is 4.64. The summed E-state index contributed by atoms with van der Waals surface area (Å²) >= 11 is 1.04. The van der Waals surface area contributed by atoms with Gasteiger partial charge in [-0.1, -0.05) is 5.16 Å². The Morgan fingerprint density at radius 1 is 1.23 bits per heavy atom. The molecule has 4 nitrogen and oxygen atoms in total. The Morgan fingerprint density at radius 3 is 2.69 bits per heavy atom. The van der Waals surface area contributed by atoms with Gasteiger partial charge in [0.15, 0.2) is 11.3 Å². The third kappa shape index (κ3) is 3.45. The maximum atomic E-state index is 13.3. The van der Waals surface area contributed by atoms with Gasteiger partial charge in [-0.25, -0.2) is 9.37 Å². The molecule has 0 unspecified atom stereocenters. The molecule has 0 amide bonds. The van der Waals surface area contributed by atoms with E-state index in [1.165, 1.54) is 12.1 Å². The summed E-state index contributed by atoms with van der Waals surface area (Å²) in [7, 11) is 0. The van der Waals surface area contributed by atoms with Crippen LogP contribution in [0.25, 0.3) is 11.0 Å². The second kappa shape index (κ2) is 6.62. The van der Waals surface area contributed by atoms with Crippen molar-refractivity contribution in [2.24, 2.45) is 0 Å². The van der Waals surface area contributed by atoms with Crippen molar-refractivity contribution in [1.82, 2.24) is 15.0 Å². The number of hydrogen-bond acceptors (Lipinski definition) is 5. The first-order valence-corrected chi connectivity index (χ1v) is 9.07. The summed E-state index contributed by atoms with van der Waals surface area (Å²) in [5, 5.41) is 6.45. The topological polar surface area (TPSA) is 42.2 Å². The van der Waals surface area contributed by atoms with Gasteiger partial charge in [0.1, 0.15) is 10.8 Å². The Morgan fingerprint density at radius 2 is 2.00 bits per heavy atom. The molecule has 1 saturated heterocycles. The molecule has 138 valence electrons. The zero-order valence-electron chi connectivity index (χ0n) is 13.6. The molecule has 0 spiro atoms. The Bertz CT molecular complexity index is 912. The highest BCUT2D eigenvalue weighted by atomic mass is 32.1. The van der Waals surface area contributed by atoms with Gasteiger partial charge >= 0.3 is 6.18 Å². The van der Waals surface area contributed by atoms with Crippen molar-refractivity contribution in [2.75, 3.05) is 13.1 Å². The number of nitrogens with zero attached hydrogens (tertiary/aromatic N) is 3. The predicted octanol–water partition coefficient (Wildman–Crippen LogP) is 4.82. The van der Waals surface area contributed by atoms with Crippen molar-refractivity contribution >= 4 is 22.3 Å². The van der Waals surface area contributed by atoms with Gasteiger partial charge < -0.3 is 4.52 Å². The molecule has 1 aliphatic rings. The van der Waals surface area contributed by atoms with E-state index in [1.54, 1.807) is 6.07 Å². The predicted molar refractivity (Wildman–Crippen MR) is 88.3 cm³/mol. The van der Waals surface area contributed by atoms with Crippen molar-refractivity contribution in [3.63, 3.8) is 0 Å². The van der Waals surface area contributed by atoms with E-state index in [0.29, 0.717) is 17.1 Å². The monoisotopic (exact) mass is 385 g/mol. The molecule has 9 heteroatoms. The van der Waals surface area contributed by atoms with Crippen LogP contribution in [-0.2, 0) is 12.7 Å². The quantitative estimate of drug-likeness (QED) is 0.606. The number of halogens is 4. The maximum Gasteiger partial charge on any atom is 0.434 e. The zero-order chi connectivity index (χ0) is 18.3. The van der Waals surface area contributed by atoms with Gasteiger partial charge in [-0.15, -0.1) is 11.3 Å². The second-order valence-electron chi connectivity index (χ2n) is 6.38. The fourth-order valence-electron chi connectivity index (χ4n) is 3.29. The lowest BCUT2D eigenvalue weighted by atomic mass is 9.91. The molecule has 2 aromatic heterocycles. The molecule has 1 aliphatic heterocycles. The Balaban J connectivity index is 1.40. The first kappa shape index (κ1) is 17.4. The number of thiazole rings is 1. The zero-order valence-corrected chi connectivity index (χ0v) is 14.4. The number of hydrogen-bond donors (Lipinski definition) is 0. The van der Waals surface area contributed by atoms with Gasteiger partial charge in [0.25, 0.3) is 0 Å². The Hall–Kier alpha value is -2.00. The van der Waals surface area contributed by atoms with Crippen LogP contribution in [0.2, 0.25) is 0 Å². The smallest absolute Gasteiger partial charge is 0.356 e. The average Bonchev–Trinajstić information content (AvgIpc) is 3.22. The highest BCUT2D eigenvalue weighted by Crippen LogP contribution is 2.34. The molecule has 3 heterocycles. The largest absolute Gasteiger partial charge is 0.434 e. The van der Waals surface area contributed by atoms with Gasteiger partial charge in [-0.3, -0.25) is 4.90 Å². The molecule has 0 N–H and O–H groups in total. The summed E-state index contributed by atoms with van der Waals surface area (Å²) in [6.45, 7) is 1.89. The molecule has 1 aromatic carbocycles. The molecule has 0 bridgehead atoms. The van der Waals surface area contributed by atoms with Crippen LogP contribution in [-0.4, -0.2) is 28.1 Å². The molecule has 0 saturated carbocycles. The van der Waals surface area contributed by atoms with E-state index in [1.807, 2.05) is 0 Å². The summed E-state index contributed by atoms with van der Waals surface area (Å²) < 4.78 is 56.4. The summed E-state index contributed by atoms with van der Waals surface area (Å²) in [6.07, 6.45) is -2.76. The summed E-state index contributed by atoms with van der Waals surface area (Å²) in [5.41, 5.74) is 0.437. The first-order chi connectivity index (χ1) is 12.4. The van der Waals surface area contributed by atoms with E-state index in [9.17, 15) is 17.6 Å². The summed E-state index contributed by atoms with van der Waals surface area (Å²) in [6, 6.07) is 4.39. The number of piperidine rings is 1. The van der Waals surface area contributed by atoms with Gasteiger partial charge in [0.2, 0.25) is 0 Å². The molecule has 1 fully saturated rings. The average molecular weight is 385 g/mol. The number of benzene rings is 1. The van der Waals surface area contributed by atoms with E-state index in [-0.39, 0.29) is 11.7 Å². The van der Waals surface area contributed by atoms with Crippen LogP contribution in [0.3, 0.4) is 0 Å². The van der Waals surface area contributed by atoms with Gasteiger partial charge in [-0.2, -0.15) is 13.2 Å². The van der Waals surface area contributed by atoms with Crippen LogP contribution in [0, 0.1) is 5.82 Å². The van der Waals surface area contributed by atoms with Gasteiger partial charge in [0.05, 0.1) is 12.2 Å². The van der Waals surface area contributed by atoms with Crippen molar-refractivity contribution in [2.45, 2.75) is 31.5 Å². The van der Waals surface area contributed by atoms with Crippen molar-refractivity contribution < 1.29 is 22.1 Å². The molecule has 26 heavy (non-hydrogen) atoms. The fourth-order valence-corrected chi connectivity index (χ4v) is 4.14. The molecular weight excluding hydrogens is 370 g/mol. The summed E-state index contributed by atoms with van der Waals surface area (Å²) in [5.74, 6) is -0.170. The van der Waals surface area contributed by atoms with E-state index >= 15 is 0 Å². The van der Waals surface area contributed by atoms with Crippen LogP contribution in [0.1, 0.15) is 35.2 Å². The second-order valence-corrected chi connectivity index (χ2v) is 7.33. The van der Waals surface area contributed by atoms with Crippen LogP contribution in [0.5, 0.6) is 0 Å². The maximum absolute atomic E-state index is 13.3. The highest BCUT2D eigenvalue weighted by molar-refractivity contribution is 7.09. The van der Waals surface area contributed by atoms with Crippen LogP contribution in [0.15, 0.2) is 28.1 Å². The number of rotatable bonds is 3. The summed E-state index contributed by atoms with van der Waals surface area (Å²) in [4.78, 5) is 5.78. The first-order valence-electron chi connectivity index (χ1n) is 8.19. The van der Waals surface area contributed by atoms with Crippen LogP contribution >= 0.6 is 11.3 Å². The minimum absolute atomic E-state index is 0.194. The van der Waals surface area contributed by atoms with Crippen molar-refractivity contribution in [3.8, 4) is 0 Å². The van der Waals surface area contributed by atoms with E-state index < -0.39 is 11.9 Å². The lowest BCUT2D eigenvalue weighted by Gasteiger charge is -2.30. The molecule has 0 radical (unpaired) electrons. The standard InChI is InChI=1S/C17H15F4N3OS/c18-11-1-2-12-13(7-11)25-23-16(12)10-3-5-24(6-4-10)8-15-22-14(9-26-15)17(19,20)21/h1-2,7,9-10H,3-6,8H2. The minimum Gasteiger partial charge on any atom is -0.356 e. The lowest BCUT2D eigenvalue weighted by molar-refractivity contribution is -0.140. The SMILES string of the molecule is Fc1ccc2c(C3CCN(Cc4nc(C(F)(F)F)cs4)CC3)noc2c1. The number of aromatic nitrogens is 2. The Kier molecular flexibility index (Phi) is 4.44.